The van der Waals surface area contributed by atoms with Gasteiger partial charge in [0.25, 0.3) is 0 Å². The Morgan fingerprint density at radius 3 is 2.60 bits per heavy atom. The second-order valence-corrected chi connectivity index (χ2v) is 2.84. The highest BCUT2D eigenvalue weighted by atomic mass is 19.1. The molecule has 0 bridgehead atoms. The van der Waals surface area contributed by atoms with Gasteiger partial charge in [0.2, 0.25) is 5.95 Å². The minimum atomic E-state index is -2.10. The summed E-state index contributed by atoms with van der Waals surface area (Å²) in [5.74, 6) is -2.57. The average Bonchev–Trinajstić information content (AvgIpc) is 2.19. The average molecular weight is 216 g/mol. The molecule has 0 aliphatic carbocycles. The van der Waals surface area contributed by atoms with Crippen LogP contribution < -0.4 is 5.73 Å². The number of aromatic nitrogens is 1. The summed E-state index contributed by atoms with van der Waals surface area (Å²) in [6.07, 6.45) is -3.96. The van der Waals surface area contributed by atoms with Crippen molar-refractivity contribution in [3.63, 3.8) is 0 Å². The van der Waals surface area contributed by atoms with Crippen molar-refractivity contribution in [1.29, 1.82) is 0 Å². The Labute approximate surface area is 83.8 Å². The molecule has 5 N–H and O–H groups in total. The summed E-state index contributed by atoms with van der Waals surface area (Å²) in [5, 5.41) is 26.7. The van der Waals surface area contributed by atoms with E-state index in [1.165, 1.54) is 0 Å². The van der Waals surface area contributed by atoms with Crippen LogP contribution in [0.2, 0.25) is 0 Å². The summed E-state index contributed by atoms with van der Waals surface area (Å²) in [6, 6.07) is 2.08. The Hall–Kier alpha value is -1.73. The van der Waals surface area contributed by atoms with Gasteiger partial charge < -0.3 is 21.1 Å². The molecule has 7 heteroatoms. The first-order valence-corrected chi connectivity index (χ1v) is 3.94. The molecule has 0 aliphatic heterocycles. The number of carboxylic acid groups (broad SMARTS) is 1. The lowest BCUT2D eigenvalue weighted by atomic mass is 10.1. The summed E-state index contributed by atoms with van der Waals surface area (Å²) in [5.41, 5.74) is 4.84. The highest BCUT2D eigenvalue weighted by Gasteiger charge is 2.28. The number of aliphatic carboxylic acids is 1. The van der Waals surface area contributed by atoms with Gasteiger partial charge in [0, 0.05) is 0 Å². The molecule has 2 atom stereocenters. The third kappa shape index (κ3) is 2.39. The number of halogens is 1. The minimum Gasteiger partial charge on any atom is -0.479 e. The minimum absolute atomic E-state index is 0.0933. The van der Waals surface area contributed by atoms with Gasteiger partial charge in [-0.25, -0.2) is 9.78 Å². The van der Waals surface area contributed by atoms with E-state index in [1.54, 1.807) is 0 Å². The highest BCUT2D eigenvalue weighted by molar-refractivity contribution is 5.73. The molecule has 0 saturated carbocycles. The Balaban J connectivity index is 3.04. The fraction of sp³-hybridized carbons (Fsp3) is 0.250. The van der Waals surface area contributed by atoms with Crippen molar-refractivity contribution in [2.75, 3.05) is 5.73 Å². The lowest BCUT2D eigenvalue weighted by Crippen LogP contribution is -2.28. The quantitative estimate of drug-likeness (QED) is 0.495. The van der Waals surface area contributed by atoms with E-state index in [4.69, 9.17) is 15.9 Å². The maximum atomic E-state index is 12.7. The van der Waals surface area contributed by atoms with Gasteiger partial charge in [-0.15, -0.1) is 0 Å². The lowest BCUT2D eigenvalue weighted by molar-refractivity contribution is -0.153. The zero-order valence-electron chi connectivity index (χ0n) is 7.46. The lowest BCUT2D eigenvalue weighted by Gasteiger charge is -2.14. The van der Waals surface area contributed by atoms with Crippen molar-refractivity contribution in [2.24, 2.45) is 0 Å². The molecule has 0 amide bonds. The molecule has 0 fully saturated rings. The normalized spacial score (nSPS) is 14.6. The monoisotopic (exact) mass is 216 g/mol. The summed E-state index contributed by atoms with van der Waals surface area (Å²) in [4.78, 5) is 13.5. The van der Waals surface area contributed by atoms with Crippen LogP contribution in [-0.4, -0.2) is 32.4 Å². The zero-order valence-corrected chi connectivity index (χ0v) is 7.46. The van der Waals surface area contributed by atoms with Gasteiger partial charge >= 0.3 is 5.97 Å². The first-order chi connectivity index (χ1) is 6.93. The number of rotatable bonds is 3. The summed E-state index contributed by atoms with van der Waals surface area (Å²) >= 11 is 0. The highest BCUT2D eigenvalue weighted by Crippen LogP contribution is 2.21. The molecule has 0 aliphatic rings. The predicted octanol–water partition coefficient (Wildman–Crippen LogP) is -0.718. The number of anilines is 1. The topological polar surface area (TPSA) is 117 Å². The second kappa shape index (κ2) is 4.20. The molecule has 1 aromatic heterocycles. The standard InChI is InChI=1S/C8H9FN2O4/c9-4-2-1-3(10)5(11-4)6(12)7(13)8(14)15/h1-2,6-7,12-13H,10H2,(H,14,15). The molecule has 1 rings (SSSR count). The van der Waals surface area contributed by atoms with Crippen LogP contribution in [0.3, 0.4) is 0 Å². The van der Waals surface area contributed by atoms with E-state index in [9.17, 15) is 14.3 Å². The number of nitrogens with zero attached hydrogens (tertiary/aromatic N) is 1. The molecule has 1 aromatic rings. The number of hydrogen-bond acceptors (Lipinski definition) is 5. The zero-order chi connectivity index (χ0) is 11.6. The Morgan fingerprint density at radius 2 is 2.07 bits per heavy atom. The van der Waals surface area contributed by atoms with Crippen LogP contribution in [0.4, 0.5) is 10.1 Å². The number of carboxylic acids is 1. The summed E-state index contributed by atoms with van der Waals surface area (Å²) in [7, 11) is 0. The van der Waals surface area contributed by atoms with Crippen LogP contribution in [0.25, 0.3) is 0 Å². The van der Waals surface area contributed by atoms with Gasteiger partial charge in [-0.3, -0.25) is 0 Å². The van der Waals surface area contributed by atoms with E-state index in [-0.39, 0.29) is 5.69 Å². The van der Waals surface area contributed by atoms with E-state index in [0.29, 0.717) is 0 Å². The van der Waals surface area contributed by atoms with E-state index in [0.717, 1.165) is 12.1 Å². The van der Waals surface area contributed by atoms with Gasteiger partial charge in [0.1, 0.15) is 6.10 Å². The third-order valence-electron chi connectivity index (χ3n) is 1.76. The third-order valence-corrected chi connectivity index (χ3v) is 1.76. The first kappa shape index (κ1) is 11.3. The Kier molecular flexibility index (Phi) is 3.17. The SMILES string of the molecule is Nc1ccc(F)nc1C(O)C(O)C(=O)O. The number of nitrogens with two attached hydrogens (primary N) is 1. The van der Waals surface area contributed by atoms with Gasteiger partial charge in [0.15, 0.2) is 6.10 Å². The van der Waals surface area contributed by atoms with E-state index < -0.39 is 29.8 Å². The van der Waals surface area contributed by atoms with Crippen LogP contribution in [0.15, 0.2) is 12.1 Å². The maximum absolute atomic E-state index is 12.7. The van der Waals surface area contributed by atoms with Gasteiger partial charge in [-0.2, -0.15) is 4.39 Å². The number of nitrogen functional groups attached to an aromatic ring is 1. The summed E-state index contributed by atoms with van der Waals surface area (Å²) < 4.78 is 12.7. The van der Waals surface area contributed by atoms with Crippen LogP contribution in [-0.2, 0) is 4.79 Å². The molecular formula is C8H9FN2O4. The number of aliphatic hydroxyl groups is 2. The van der Waals surface area contributed by atoms with Gasteiger partial charge in [-0.1, -0.05) is 0 Å². The fourth-order valence-electron chi connectivity index (χ4n) is 0.982. The van der Waals surface area contributed by atoms with Crippen molar-refractivity contribution in [3.8, 4) is 0 Å². The van der Waals surface area contributed by atoms with Crippen LogP contribution in [0, 0.1) is 5.95 Å². The van der Waals surface area contributed by atoms with Crippen molar-refractivity contribution in [3.05, 3.63) is 23.8 Å². The Bertz CT molecular complexity index is 385. The van der Waals surface area contributed by atoms with Crippen LogP contribution in [0.5, 0.6) is 0 Å². The van der Waals surface area contributed by atoms with Gasteiger partial charge in [0.05, 0.1) is 11.4 Å². The Morgan fingerprint density at radius 1 is 1.47 bits per heavy atom. The fourth-order valence-corrected chi connectivity index (χ4v) is 0.982. The molecule has 15 heavy (non-hydrogen) atoms. The van der Waals surface area contributed by atoms with E-state index >= 15 is 0 Å². The first-order valence-electron chi connectivity index (χ1n) is 3.94. The largest absolute Gasteiger partial charge is 0.479 e. The van der Waals surface area contributed by atoms with Crippen molar-refractivity contribution in [2.45, 2.75) is 12.2 Å². The number of aliphatic hydroxyl groups excluding tert-OH is 2. The van der Waals surface area contributed by atoms with Gasteiger partial charge in [-0.05, 0) is 12.1 Å². The smallest absolute Gasteiger partial charge is 0.335 e. The van der Waals surface area contributed by atoms with Crippen LogP contribution in [0.1, 0.15) is 11.8 Å². The van der Waals surface area contributed by atoms with Crippen molar-refractivity contribution < 1.29 is 24.5 Å². The molecule has 0 aromatic carbocycles. The molecule has 0 saturated heterocycles. The van der Waals surface area contributed by atoms with Crippen LogP contribution >= 0.6 is 0 Å². The summed E-state index contributed by atoms with van der Waals surface area (Å²) in [6.45, 7) is 0. The number of carbonyl (C=O) groups is 1. The van der Waals surface area contributed by atoms with E-state index in [1.807, 2.05) is 0 Å². The van der Waals surface area contributed by atoms with Crippen molar-refractivity contribution in [1.82, 2.24) is 4.98 Å². The molecule has 2 unspecified atom stereocenters. The predicted molar refractivity (Wildman–Crippen MR) is 47.2 cm³/mol. The van der Waals surface area contributed by atoms with E-state index in [2.05, 4.69) is 4.98 Å². The molecule has 1 heterocycles. The molecule has 0 spiro atoms. The molecule has 82 valence electrons. The molecule has 0 radical (unpaired) electrons. The molecule has 6 nitrogen and oxygen atoms in total. The number of pyridine rings is 1. The maximum Gasteiger partial charge on any atom is 0.335 e. The second-order valence-electron chi connectivity index (χ2n) is 2.84. The number of hydrogen-bond donors (Lipinski definition) is 4. The van der Waals surface area contributed by atoms with Crippen molar-refractivity contribution >= 4 is 11.7 Å². The molecular weight excluding hydrogens is 207 g/mol.